The lowest BCUT2D eigenvalue weighted by molar-refractivity contribution is 0.941. The van der Waals surface area contributed by atoms with Crippen LogP contribution in [0.4, 0.5) is 0 Å². The third-order valence-corrected chi connectivity index (χ3v) is 2.07. The Hall–Kier alpha value is -0.430. The average Bonchev–Trinajstić information content (AvgIpc) is 1.83. The second-order valence-electron chi connectivity index (χ2n) is 2.24. The van der Waals surface area contributed by atoms with Crippen LogP contribution in [0.2, 0.25) is 0 Å². The molecule has 0 fully saturated rings. The molecule has 1 atom stereocenters. The Labute approximate surface area is 60.2 Å². The summed E-state index contributed by atoms with van der Waals surface area (Å²) < 4.78 is 0. The molecule has 9 heavy (non-hydrogen) atoms. The van der Waals surface area contributed by atoms with Crippen LogP contribution in [0.5, 0.6) is 0 Å². The molecule has 0 saturated carbocycles. The van der Waals surface area contributed by atoms with Gasteiger partial charge in [0.2, 0.25) is 0 Å². The minimum Gasteiger partial charge on any atom is -0.399 e. The maximum absolute atomic E-state index is 5.87. The van der Waals surface area contributed by atoms with Crippen LogP contribution < -0.4 is 5.73 Å². The third kappa shape index (κ3) is 1.28. The van der Waals surface area contributed by atoms with E-state index in [2.05, 4.69) is 0 Å². The van der Waals surface area contributed by atoms with E-state index in [9.17, 15) is 0 Å². The molecular weight excluding hydrogens is 134 g/mol. The van der Waals surface area contributed by atoms with Crippen LogP contribution in [0.1, 0.15) is 13.3 Å². The first kappa shape index (κ1) is 6.69. The van der Waals surface area contributed by atoms with Gasteiger partial charge in [-0.2, -0.15) is 0 Å². The molecule has 0 aromatic rings. The van der Waals surface area contributed by atoms with Crippen molar-refractivity contribution in [1.82, 2.24) is 0 Å². The lowest BCUT2D eigenvalue weighted by atomic mass is 10.0. The van der Waals surface area contributed by atoms with Gasteiger partial charge >= 0.3 is 0 Å². The predicted octanol–water partition coefficient (Wildman–Crippen LogP) is 1.79. The number of hydrogen-bond donors (Lipinski definition) is 1. The highest BCUT2D eigenvalue weighted by Gasteiger charge is 2.10. The summed E-state index contributed by atoms with van der Waals surface area (Å²) in [6.45, 7) is 1.97. The van der Waals surface area contributed by atoms with E-state index in [-0.39, 0.29) is 5.38 Å². The van der Waals surface area contributed by atoms with Gasteiger partial charge in [0.1, 0.15) is 0 Å². The fraction of sp³-hybridized carbons (Fsp3) is 0.429. The predicted molar refractivity (Wildman–Crippen MR) is 40.3 cm³/mol. The van der Waals surface area contributed by atoms with Gasteiger partial charge in [0.25, 0.3) is 0 Å². The van der Waals surface area contributed by atoms with E-state index >= 15 is 0 Å². The van der Waals surface area contributed by atoms with Crippen molar-refractivity contribution in [1.29, 1.82) is 0 Å². The minimum absolute atomic E-state index is 0.120. The number of halogens is 1. The first-order chi connectivity index (χ1) is 4.22. The van der Waals surface area contributed by atoms with Gasteiger partial charge in [-0.15, -0.1) is 11.6 Å². The van der Waals surface area contributed by atoms with Gasteiger partial charge < -0.3 is 5.73 Å². The van der Waals surface area contributed by atoms with Crippen molar-refractivity contribution in [3.8, 4) is 0 Å². The van der Waals surface area contributed by atoms with E-state index in [4.69, 9.17) is 17.3 Å². The maximum Gasteiger partial charge on any atom is 0.0599 e. The molecule has 0 aliphatic heterocycles. The Balaban J connectivity index is 2.83. The van der Waals surface area contributed by atoms with Crippen LogP contribution >= 0.6 is 11.6 Å². The molecule has 1 unspecified atom stereocenters. The van der Waals surface area contributed by atoms with Crippen molar-refractivity contribution in [2.45, 2.75) is 18.7 Å². The quantitative estimate of drug-likeness (QED) is 0.514. The van der Waals surface area contributed by atoms with Crippen molar-refractivity contribution >= 4 is 11.6 Å². The van der Waals surface area contributed by atoms with Gasteiger partial charge in [-0.05, 0) is 25.0 Å². The monoisotopic (exact) mass is 143 g/mol. The fourth-order valence-electron chi connectivity index (χ4n) is 0.804. The summed E-state index contributed by atoms with van der Waals surface area (Å²) in [5, 5.41) is 0.120. The SMILES string of the molecule is CC1=C(N)C=CCC1Cl. The second kappa shape index (κ2) is 2.44. The Morgan fingerprint density at radius 3 is 2.89 bits per heavy atom. The van der Waals surface area contributed by atoms with E-state index in [1.807, 2.05) is 19.1 Å². The van der Waals surface area contributed by atoms with E-state index in [0.717, 1.165) is 17.7 Å². The molecule has 1 rings (SSSR count). The molecule has 0 spiro atoms. The fourth-order valence-corrected chi connectivity index (χ4v) is 1.03. The number of allylic oxidation sites excluding steroid dienone is 3. The van der Waals surface area contributed by atoms with E-state index in [0.29, 0.717) is 0 Å². The lowest BCUT2D eigenvalue weighted by Gasteiger charge is -2.13. The molecule has 2 heteroatoms. The highest BCUT2D eigenvalue weighted by Crippen LogP contribution is 2.20. The van der Waals surface area contributed by atoms with Crippen LogP contribution in [0.25, 0.3) is 0 Å². The zero-order valence-electron chi connectivity index (χ0n) is 5.39. The molecule has 0 aromatic heterocycles. The Morgan fingerprint density at radius 1 is 1.78 bits per heavy atom. The summed E-state index contributed by atoms with van der Waals surface area (Å²) in [4.78, 5) is 0. The first-order valence-electron chi connectivity index (χ1n) is 2.98. The standard InChI is InChI=1S/C7H10ClN/c1-5-6(8)3-2-4-7(5)9/h2,4,6H,3,9H2,1H3. The second-order valence-corrected chi connectivity index (χ2v) is 2.77. The van der Waals surface area contributed by atoms with Gasteiger partial charge in [0, 0.05) is 5.70 Å². The zero-order chi connectivity index (χ0) is 6.85. The number of hydrogen-bond acceptors (Lipinski definition) is 1. The van der Waals surface area contributed by atoms with Gasteiger partial charge in [-0.1, -0.05) is 6.08 Å². The van der Waals surface area contributed by atoms with Gasteiger partial charge in [-0.25, -0.2) is 0 Å². The summed E-state index contributed by atoms with van der Waals surface area (Å²) >= 11 is 5.87. The zero-order valence-corrected chi connectivity index (χ0v) is 6.15. The van der Waals surface area contributed by atoms with Crippen LogP contribution in [-0.2, 0) is 0 Å². The normalized spacial score (nSPS) is 27.1. The summed E-state index contributed by atoms with van der Waals surface area (Å²) in [6.07, 6.45) is 4.82. The van der Waals surface area contributed by atoms with E-state index in [1.165, 1.54) is 0 Å². The Morgan fingerprint density at radius 2 is 2.44 bits per heavy atom. The van der Waals surface area contributed by atoms with Crippen LogP contribution in [0, 0.1) is 0 Å². The molecule has 0 bridgehead atoms. The summed E-state index contributed by atoms with van der Waals surface area (Å²) in [5.74, 6) is 0. The molecule has 50 valence electrons. The first-order valence-corrected chi connectivity index (χ1v) is 3.42. The van der Waals surface area contributed by atoms with Gasteiger partial charge in [-0.3, -0.25) is 0 Å². The van der Waals surface area contributed by atoms with Crippen molar-refractivity contribution in [2.75, 3.05) is 0 Å². The third-order valence-electron chi connectivity index (χ3n) is 1.57. The summed E-state index contributed by atoms with van der Waals surface area (Å²) in [6, 6.07) is 0. The van der Waals surface area contributed by atoms with E-state index < -0.39 is 0 Å². The lowest BCUT2D eigenvalue weighted by Crippen LogP contribution is -2.10. The molecule has 1 nitrogen and oxygen atoms in total. The summed E-state index contributed by atoms with van der Waals surface area (Å²) in [7, 11) is 0. The summed E-state index contributed by atoms with van der Waals surface area (Å²) in [5.41, 5.74) is 7.49. The van der Waals surface area contributed by atoms with Crippen LogP contribution in [0.15, 0.2) is 23.4 Å². The van der Waals surface area contributed by atoms with Gasteiger partial charge in [0.15, 0.2) is 0 Å². The molecule has 0 radical (unpaired) electrons. The average molecular weight is 144 g/mol. The maximum atomic E-state index is 5.87. The smallest absolute Gasteiger partial charge is 0.0599 e. The van der Waals surface area contributed by atoms with Crippen molar-refractivity contribution in [2.24, 2.45) is 5.73 Å². The topological polar surface area (TPSA) is 26.0 Å². The molecule has 1 aliphatic rings. The van der Waals surface area contributed by atoms with Crippen molar-refractivity contribution in [3.05, 3.63) is 23.4 Å². The van der Waals surface area contributed by atoms with E-state index in [1.54, 1.807) is 0 Å². The molecule has 1 aliphatic carbocycles. The molecule has 0 saturated heterocycles. The molecular formula is C7H10ClN. The number of alkyl halides is 1. The molecule has 0 amide bonds. The minimum atomic E-state index is 0.120. The molecule has 0 heterocycles. The molecule has 2 N–H and O–H groups in total. The van der Waals surface area contributed by atoms with Gasteiger partial charge in [0.05, 0.1) is 5.38 Å². The van der Waals surface area contributed by atoms with Crippen molar-refractivity contribution in [3.63, 3.8) is 0 Å². The largest absolute Gasteiger partial charge is 0.399 e. The number of rotatable bonds is 0. The highest BCUT2D eigenvalue weighted by molar-refractivity contribution is 6.22. The Kier molecular flexibility index (Phi) is 1.81. The van der Waals surface area contributed by atoms with Crippen molar-refractivity contribution < 1.29 is 0 Å². The molecule has 0 aromatic carbocycles. The van der Waals surface area contributed by atoms with Crippen LogP contribution in [0.3, 0.4) is 0 Å². The number of nitrogens with two attached hydrogens (primary N) is 1. The Bertz CT molecular complexity index is 170. The van der Waals surface area contributed by atoms with Crippen LogP contribution in [-0.4, -0.2) is 5.38 Å². The highest BCUT2D eigenvalue weighted by atomic mass is 35.5.